The van der Waals surface area contributed by atoms with E-state index in [1.54, 1.807) is 14.0 Å². The number of benzene rings is 1. The summed E-state index contributed by atoms with van der Waals surface area (Å²) >= 11 is 0. The van der Waals surface area contributed by atoms with Crippen LogP contribution in [0.3, 0.4) is 0 Å². The highest BCUT2D eigenvalue weighted by molar-refractivity contribution is 5.83. The number of fused-ring (bicyclic) bond motifs is 1. The van der Waals surface area contributed by atoms with Gasteiger partial charge in [0.25, 0.3) is 0 Å². The molecule has 1 unspecified atom stereocenters. The van der Waals surface area contributed by atoms with Gasteiger partial charge in [0.15, 0.2) is 0 Å². The number of aliphatic hydroxyl groups is 1. The van der Waals surface area contributed by atoms with E-state index >= 15 is 0 Å². The standard InChI is InChI=1S/C12H15NO2/c1-12(14,8-15-2)10-4-3-5-11-9(10)6-7-13-11/h3-7,13-14H,8H2,1-2H3. The Bertz CT molecular complexity index is 459. The van der Waals surface area contributed by atoms with E-state index in [2.05, 4.69) is 4.98 Å². The summed E-state index contributed by atoms with van der Waals surface area (Å²) in [6.07, 6.45) is 1.87. The van der Waals surface area contributed by atoms with Gasteiger partial charge in [-0.15, -0.1) is 0 Å². The van der Waals surface area contributed by atoms with Crippen molar-refractivity contribution >= 4 is 10.9 Å². The lowest BCUT2D eigenvalue weighted by atomic mass is 9.94. The molecular formula is C12H15NO2. The van der Waals surface area contributed by atoms with Crippen LogP contribution >= 0.6 is 0 Å². The molecule has 2 rings (SSSR count). The molecule has 0 radical (unpaired) electrons. The first-order valence-electron chi connectivity index (χ1n) is 4.93. The molecule has 80 valence electrons. The lowest BCUT2D eigenvalue weighted by molar-refractivity contribution is -0.0197. The molecule has 1 aromatic carbocycles. The minimum absolute atomic E-state index is 0.289. The summed E-state index contributed by atoms with van der Waals surface area (Å²) < 4.78 is 5.03. The van der Waals surface area contributed by atoms with E-state index in [1.165, 1.54) is 0 Å². The third kappa shape index (κ3) is 1.76. The fourth-order valence-corrected chi connectivity index (χ4v) is 1.91. The topological polar surface area (TPSA) is 45.2 Å². The van der Waals surface area contributed by atoms with Crippen molar-refractivity contribution in [3.63, 3.8) is 0 Å². The van der Waals surface area contributed by atoms with Gasteiger partial charge in [-0.25, -0.2) is 0 Å². The first-order chi connectivity index (χ1) is 7.15. The second-order valence-electron chi connectivity index (χ2n) is 3.95. The van der Waals surface area contributed by atoms with Gasteiger partial charge in [-0.1, -0.05) is 12.1 Å². The van der Waals surface area contributed by atoms with Crippen LogP contribution in [0.25, 0.3) is 10.9 Å². The Morgan fingerprint density at radius 1 is 1.40 bits per heavy atom. The highest BCUT2D eigenvalue weighted by Crippen LogP contribution is 2.28. The minimum atomic E-state index is -0.948. The molecule has 2 aromatic rings. The molecule has 0 saturated carbocycles. The van der Waals surface area contributed by atoms with Crippen molar-refractivity contribution in [2.24, 2.45) is 0 Å². The molecule has 1 heterocycles. The van der Waals surface area contributed by atoms with Gasteiger partial charge in [0.1, 0.15) is 5.60 Å². The van der Waals surface area contributed by atoms with Crippen LogP contribution in [0.2, 0.25) is 0 Å². The maximum atomic E-state index is 10.3. The molecule has 1 aromatic heterocycles. The Balaban J connectivity index is 2.55. The van der Waals surface area contributed by atoms with Gasteiger partial charge in [0.2, 0.25) is 0 Å². The molecule has 1 atom stereocenters. The van der Waals surface area contributed by atoms with Crippen molar-refractivity contribution in [2.75, 3.05) is 13.7 Å². The molecule has 15 heavy (non-hydrogen) atoms. The van der Waals surface area contributed by atoms with E-state index < -0.39 is 5.60 Å². The molecule has 0 aliphatic rings. The molecule has 0 amide bonds. The Labute approximate surface area is 88.7 Å². The second-order valence-corrected chi connectivity index (χ2v) is 3.95. The van der Waals surface area contributed by atoms with Gasteiger partial charge in [-0.2, -0.15) is 0 Å². The molecule has 0 aliphatic carbocycles. The van der Waals surface area contributed by atoms with Gasteiger partial charge in [0.05, 0.1) is 6.61 Å². The van der Waals surface area contributed by atoms with Gasteiger partial charge in [-0.05, 0) is 24.6 Å². The Kier molecular flexibility index (Phi) is 2.50. The number of hydrogen-bond donors (Lipinski definition) is 2. The maximum absolute atomic E-state index is 10.3. The van der Waals surface area contributed by atoms with Gasteiger partial charge in [-0.3, -0.25) is 0 Å². The summed E-state index contributed by atoms with van der Waals surface area (Å²) in [6, 6.07) is 7.81. The highest BCUT2D eigenvalue weighted by atomic mass is 16.5. The number of ether oxygens (including phenoxy) is 1. The van der Waals surface area contributed by atoms with Crippen LogP contribution in [-0.4, -0.2) is 23.8 Å². The van der Waals surface area contributed by atoms with Crippen LogP contribution in [0.1, 0.15) is 12.5 Å². The quantitative estimate of drug-likeness (QED) is 0.805. The van der Waals surface area contributed by atoms with Crippen molar-refractivity contribution in [3.8, 4) is 0 Å². The van der Waals surface area contributed by atoms with Crippen LogP contribution in [0.5, 0.6) is 0 Å². The third-order valence-corrected chi connectivity index (χ3v) is 2.60. The molecule has 3 heteroatoms. The smallest absolute Gasteiger partial charge is 0.111 e. The summed E-state index contributed by atoms with van der Waals surface area (Å²) in [7, 11) is 1.59. The SMILES string of the molecule is COCC(C)(O)c1cccc2[nH]ccc12. The van der Waals surface area contributed by atoms with Crippen molar-refractivity contribution < 1.29 is 9.84 Å². The predicted molar refractivity (Wildman–Crippen MR) is 59.7 cm³/mol. The van der Waals surface area contributed by atoms with Crippen LogP contribution in [0.15, 0.2) is 30.5 Å². The van der Waals surface area contributed by atoms with E-state index in [-0.39, 0.29) is 6.61 Å². The zero-order valence-electron chi connectivity index (χ0n) is 8.95. The Morgan fingerprint density at radius 3 is 2.93 bits per heavy atom. The Morgan fingerprint density at radius 2 is 2.20 bits per heavy atom. The number of methoxy groups -OCH3 is 1. The summed E-state index contributed by atoms with van der Waals surface area (Å²) in [5.74, 6) is 0. The molecular weight excluding hydrogens is 190 g/mol. The summed E-state index contributed by atoms with van der Waals surface area (Å²) in [5, 5.41) is 11.3. The molecule has 0 fully saturated rings. The fraction of sp³-hybridized carbons (Fsp3) is 0.333. The number of H-pyrrole nitrogens is 1. The monoisotopic (exact) mass is 205 g/mol. The van der Waals surface area contributed by atoms with E-state index in [1.807, 2.05) is 30.5 Å². The summed E-state index contributed by atoms with van der Waals surface area (Å²) in [5.41, 5.74) is 0.975. The summed E-state index contributed by atoms with van der Waals surface area (Å²) in [4.78, 5) is 3.12. The van der Waals surface area contributed by atoms with E-state index in [0.717, 1.165) is 16.5 Å². The van der Waals surface area contributed by atoms with Gasteiger partial charge >= 0.3 is 0 Å². The number of rotatable bonds is 3. The van der Waals surface area contributed by atoms with Crippen LogP contribution in [-0.2, 0) is 10.3 Å². The third-order valence-electron chi connectivity index (χ3n) is 2.60. The van der Waals surface area contributed by atoms with Crippen molar-refractivity contribution in [3.05, 3.63) is 36.0 Å². The first kappa shape index (κ1) is 10.2. The van der Waals surface area contributed by atoms with E-state index in [9.17, 15) is 5.11 Å². The molecule has 0 saturated heterocycles. The predicted octanol–water partition coefficient (Wildman–Crippen LogP) is 2.02. The number of nitrogens with one attached hydrogen (secondary N) is 1. The van der Waals surface area contributed by atoms with E-state index in [4.69, 9.17) is 4.74 Å². The number of aromatic nitrogens is 1. The average Bonchev–Trinajstić information content (AvgIpc) is 2.64. The van der Waals surface area contributed by atoms with Crippen molar-refractivity contribution in [1.82, 2.24) is 4.98 Å². The number of hydrogen-bond acceptors (Lipinski definition) is 2. The van der Waals surface area contributed by atoms with Gasteiger partial charge < -0.3 is 14.8 Å². The normalized spacial score (nSPS) is 15.4. The van der Waals surface area contributed by atoms with Gasteiger partial charge in [0, 0.05) is 24.2 Å². The van der Waals surface area contributed by atoms with Crippen molar-refractivity contribution in [1.29, 1.82) is 0 Å². The lowest BCUT2D eigenvalue weighted by Crippen LogP contribution is -2.27. The number of aromatic amines is 1. The Hall–Kier alpha value is -1.32. The van der Waals surface area contributed by atoms with Crippen LogP contribution in [0, 0.1) is 0 Å². The molecule has 3 nitrogen and oxygen atoms in total. The maximum Gasteiger partial charge on any atom is 0.111 e. The van der Waals surface area contributed by atoms with Crippen LogP contribution in [0.4, 0.5) is 0 Å². The van der Waals surface area contributed by atoms with E-state index in [0.29, 0.717) is 0 Å². The molecule has 0 aliphatic heterocycles. The summed E-state index contributed by atoms with van der Waals surface area (Å²) in [6.45, 7) is 2.05. The van der Waals surface area contributed by atoms with Crippen LogP contribution < -0.4 is 0 Å². The lowest BCUT2D eigenvalue weighted by Gasteiger charge is -2.23. The molecule has 0 bridgehead atoms. The second kappa shape index (κ2) is 3.68. The highest BCUT2D eigenvalue weighted by Gasteiger charge is 2.24. The zero-order valence-corrected chi connectivity index (χ0v) is 8.95. The zero-order chi connectivity index (χ0) is 10.9. The molecule has 0 spiro atoms. The van der Waals surface area contributed by atoms with Crippen molar-refractivity contribution in [2.45, 2.75) is 12.5 Å². The fourth-order valence-electron chi connectivity index (χ4n) is 1.91. The first-order valence-corrected chi connectivity index (χ1v) is 4.93. The largest absolute Gasteiger partial charge is 0.383 e. The minimum Gasteiger partial charge on any atom is -0.383 e. The average molecular weight is 205 g/mol. The molecule has 2 N–H and O–H groups in total.